The minimum absolute atomic E-state index is 0.271. The molecule has 8 nitrogen and oxygen atoms in total. The lowest BCUT2D eigenvalue weighted by atomic mass is 10.1. The molecule has 8 heteroatoms. The number of nitrogens with zero attached hydrogens (tertiary/aromatic N) is 1. The van der Waals surface area contributed by atoms with Crippen molar-refractivity contribution < 1.29 is 28.8 Å². The van der Waals surface area contributed by atoms with Gasteiger partial charge in [-0.15, -0.1) is 0 Å². The van der Waals surface area contributed by atoms with Crippen LogP contribution in [0.1, 0.15) is 37.6 Å². The van der Waals surface area contributed by atoms with Gasteiger partial charge in [-0.1, -0.05) is 20.8 Å². The fourth-order valence-corrected chi connectivity index (χ4v) is 2.92. The molecule has 2 aromatic rings. The Morgan fingerprint density at radius 3 is 2.48 bits per heavy atom. The summed E-state index contributed by atoms with van der Waals surface area (Å²) in [6.45, 7) is 8.29. The molecule has 0 saturated heterocycles. The van der Waals surface area contributed by atoms with E-state index in [0.29, 0.717) is 54.9 Å². The summed E-state index contributed by atoms with van der Waals surface area (Å²) in [5, 5.41) is 9.18. The van der Waals surface area contributed by atoms with E-state index in [1.165, 1.54) is 19.4 Å². The van der Waals surface area contributed by atoms with E-state index in [9.17, 15) is 14.7 Å². The highest BCUT2D eigenvalue weighted by molar-refractivity contribution is 5.87. The predicted octanol–water partition coefficient (Wildman–Crippen LogP) is 3.69. The molecule has 1 aromatic carbocycles. The van der Waals surface area contributed by atoms with Crippen molar-refractivity contribution in [1.29, 1.82) is 0 Å². The molecule has 0 atom stereocenters. The summed E-state index contributed by atoms with van der Waals surface area (Å²) in [5.41, 5.74) is 0.386. The monoisotopic (exact) mass is 433 g/mol. The number of ether oxygens (including phenoxy) is 4. The normalized spacial score (nSPS) is 11.9. The lowest BCUT2D eigenvalue weighted by molar-refractivity contribution is 0.0694. The lowest BCUT2D eigenvalue weighted by Crippen LogP contribution is -2.19. The number of carbonyl (C=O) groups is 1. The van der Waals surface area contributed by atoms with Crippen LogP contribution in [0.15, 0.2) is 29.2 Å². The minimum Gasteiger partial charge on any atom is -0.493 e. The predicted molar refractivity (Wildman–Crippen MR) is 118 cm³/mol. The standard InChI is InChI=1S/C19H21NO7.C4H10/c1-24-5-3-6-26-18-10-16-12(8-17(18)25-2)14-9-15(21)13(19(22)23)11-20(14)4-7-27-16;1-4(2)3/h8-11H,3-7H2,1-2H3,(H,22,23);4H,1-3H3. The first kappa shape index (κ1) is 24.3. The van der Waals surface area contributed by atoms with Crippen LogP contribution in [-0.4, -0.2) is 49.7 Å². The molecular formula is C23H31NO7. The van der Waals surface area contributed by atoms with Crippen molar-refractivity contribution in [3.05, 3.63) is 40.2 Å². The molecular weight excluding hydrogens is 402 g/mol. The average molecular weight is 434 g/mol. The quantitative estimate of drug-likeness (QED) is 0.665. The van der Waals surface area contributed by atoms with Gasteiger partial charge in [-0.05, 0) is 12.0 Å². The third-order valence-corrected chi connectivity index (χ3v) is 4.24. The molecule has 1 aliphatic heterocycles. The van der Waals surface area contributed by atoms with Crippen LogP contribution in [0, 0.1) is 5.92 Å². The van der Waals surface area contributed by atoms with Gasteiger partial charge >= 0.3 is 5.97 Å². The first-order chi connectivity index (χ1) is 14.8. The Bertz CT molecular complexity index is 947. The molecule has 0 aliphatic carbocycles. The van der Waals surface area contributed by atoms with E-state index in [1.807, 2.05) is 0 Å². The van der Waals surface area contributed by atoms with Crippen LogP contribution >= 0.6 is 0 Å². The van der Waals surface area contributed by atoms with E-state index in [2.05, 4.69) is 20.8 Å². The molecule has 0 amide bonds. The van der Waals surface area contributed by atoms with E-state index in [-0.39, 0.29) is 5.56 Å². The van der Waals surface area contributed by atoms with Crippen LogP contribution < -0.4 is 19.6 Å². The van der Waals surface area contributed by atoms with Crippen LogP contribution in [0.5, 0.6) is 17.2 Å². The van der Waals surface area contributed by atoms with Gasteiger partial charge in [0.1, 0.15) is 17.9 Å². The SMILES string of the molecule is CC(C)C.COCCCOc1cc2c(cc1OC)-c1cc(=O)c(C(=O)O)cn1CCO2. The zero-order valence-corrected chi connectivity index (χ0v) is 18.8. The molecule has 1 aromatic heterocycles. The minimum atomic E-state index is -1.25. The van der Waals surface area contributed by atoms with Crippen molar-refractivity contribution in [2.75, 3.05) is 34.0 Å². The average Bonchev–Trinajstić information content (AvgIpc) is 2.87. The Balaban J connectivity index is 0.000000785. The van der Waals surface area contributed by atoms with Gasteiger partial charge < -0.3 is 28.6 Å². The number of pyridine rings is 1. The smallest absolute Gasteiger partial charge is 0.341 e. The third-order valence-electron chi connectivity index (χ3n) is 4.24. The first-order valence-corrected chi connectivity index (χ1v) is 10.2. The number of methoxy groups -OCH3 is 2. The number of fused-ring (bicyclic) bond motifs is 3. The molecule has 2 heterocycles. The maximum Gasteiger partial charge on any atom is 0.341 e. The number of rotatable bonds is 7. The topological polar surface area (TPSA) is 96.2 Å². The van der Waals surface area contributed by atoms with E-state index < -0.39 is 11.4 Å². The molecule has 0 fully saturated rings. The summed E-state index contributed by atoms with van der Waals surface area (Å²) in [7, 11) is 3.16. The summed E-state index contributed by atoms with van der Waals surface area (Å²) >= 11 is 0. The number of aromatic nitrogens is 1. The van der Waals surface area contributed by atoms with Crippen molar-refractivity contribution in [2.45, 2.75) is 33.7 Å². The van der Waals surface area contributed by atoms with Crippen molar-refractivity contribution >= 4 is 5.97 Å². The van der Waals surface area contributed by atoms with Gasteiger partial charge in [0.05, 0.1) is 26.0 Å². The van der Waals surface area contributed by atoms with Crippen LogP contribution in [0.25, 0.3) is 11.3 Å². The highest BCUT2D eigenvalue weighted by atomic mass is 16.5. The molecule has 0 spiro atoms. The fourth-order valence-electron chi connectivity index (χ4n) is 2.92. The van der Waals surface area contributed by atoms with Gasteiger partial charge in [0.25, 0.3) is 0 Å². The van der Waals surface area contributed by atoms with Crippen LogP contribution in [0.4, 0.5) is 0 Å². The summed E-state index contributed by atoms with van der Waals surface area (Å²) in [5.74, 6) is 1.16. The fraction of sp³-hybridized carbons (Fsp3) is 0.478. The number of hydrogen-bond donors (Lipinski definition) is 1. The van der Waals surface area contributed by atoms with E-state index in [0.717, 1.165) is 12.3 Å². The Labute approximate surface area is 182 Å². The molecule has 0 saturated carbocycles. The van der Waals surface area contributed by atoms with Gasteiger partial charge in [0.15, 0.2) is 16.9 Å². The number of carboxylic acid groups (broad SMARTS) is 1. The van der Waals surface area contributed by atoms with Gasteiger partial charge in [-0.25, -0.2) is 4.79 Å². The molecule has 31 heavy (non-hydrogen) atoms. The second-order valence-corrected chi connectivity index (χ2v) is 7.71. The van der Waals surface area contributed by atoms with Gasteiger partial charge in [0, 0.05) is 44.0 Å². The lowest BCUT2D eigenvalue weighted by Gasteiger charge is -2.16. The van der Waals surface area contributed by atoms with Crippen LogP contribution in [-0.2, 0) is 11.3 Å². The Morgan fingerprint density at radius 2 is 1.87 bits per heavy atom. The van der Waals surface area contributed by atoms with Gasteiger partial charge in [0.2, 0.25) is 0 Å². The number of carboxylic acids is 1. The van der Waals surface area contributed by atoms with Crippen molar-refractivity contribution in [3.63, 3.8) is 0 Å². The first-order valence-electron chi connectivity index (χ1n) is 10.2. The van der Waals surface area contributed by atoms with Crippen LogP contribution in [0.3, 0.4) is 0 Å². The Kier molecular flexibility index (Phi) is 8.93. The molecule has 3 rings (SSSR count). The van der Waals surface area contributed by atoms with Gasteiger partial charge in [-0.3, -0.25) is 4.79 Å². The summed E-state index contributed by atoms with van der Waals surface area (Å²) in [4.78, 5) is 23.4. The summed E-state index contributed by atoms with van der Waals surface area (Å²) < 4.78 is 23.7. The highest BCUT2D eigenvalue weighted by Gasteiger charge is 2.21. The van der Waals surface area contributed by atoms with Crippen LogP contribution in [0.2, 0.25) is 0 Å². The zero-order chi connectivity index (χ0) is 23.0. The Morgan fingerprint density at radius 1 is 1.16 bits per heavy atom. The highest BCUT2D eigenvalue weighted by Crippen LogP contribution is 2.41. The van der Waals surface area contributed by atoms with Crippen molar-refractivity contribution in [3.8, 4) is 28.5 Å². The molecule has 0 radical (unpaired) electrons. The number of aromatic carboxylic acids is 1. The zero-order valence-electron chi connectivity index (χ0n) is 18.8. The molecule has 170 valence electrons. The molecule has 1 N–H and O–H groups in total. The van der Waals surface area contributed by atoms with E-state index in [1.54, 1.807) is 23.8 Å². The second kappa shape index (κ2) is 11.4. The molecule has 0 unspecified atom stereocenters. The maximum atomic E-state index is 12.2. The molecule has 1 aliphatic rings. The maximum absolute atomic E-state index is 12.2. The number of benzene rings is 1. The largest absolute Gasteiger partial charge is 0.493 e. The second-order valence-electron chi connectivity index (χ2n) is 7.71. The Hall–Kier alpha value is -3.00. The van der Waals surface area contributed by atoms with E-state index >= 15 is 0 Å². The summed E-state index contributed by atoms with van der Waals surface area (Å²) in [6.07, 6.45) is 2.08. The number of hydrogen-bond acceptors (Lipinski definition) is 6. The van der Waals surface area contributed by atoms with Crippen molar-refractivity contribution in [1.82, 2.24) is 4.57 Å². The van der Waals surface area contributed by atoms with Crippen molar-refractivity contribution in [2.24, 2.45) is 5.92 Å². The van der Waals surface area contributed by atoms with Gasteiger partial charge in [-0.2, -0.15) is 0 Å². The van der Waals surface area contributed by atoms with E-state index in [4.69, 9.17) is 18.9 Å². The third kappa shape index (κ3) is 6.49. The summed E-state index contributed by atoms with van der Waals surface area (Å²) in [6, 6.07) is 4.78. The molecule has 0 bridgehead atoms.